The number of amides is 1. The fourth-order valence-corrected chi connectivity index (χ4v) is 3.81. The third-order valence-corrected chi connectivity index (χ3v) is 4.77. The second kappa shape index (κ2) is 6.51. The van der Waals surface area contributed by atoms with Crippen LogP contribution in [0.2, 0.25) is 0 Å². The number of Topliss-reactive ketones (excluding diaryl/α,β-unsaturated/α-hetero) is 1. The lowest BCUT2D eigenvalue weighted by Crippen LogP contribution is -2.55. The molecule has 3 atom stereocenters. The van der Waals surface area contributed by atoms with Crippen molar-refractivity contribution in [3.63, 3.8) is 0 Å². The van der Waals surface area contributed by atoms with Crippen LogP contribution in [0.5, 0.6) is 0 Å². The first-order chi connectivity index (χ1) is 9.15. The fraction of sp³-hybridized carbons (Fsp3) is 0.867. The Morgan fingerprint density at radius 3 is 2.68 bits per heavy atom. The second-order valence-corrected chi connectivity index (χ2v) is 5.95. The zero-order chi connectivity index (χ0) is 13.8. The first-order valence-electron chi connectivity index (χ1n) is 7.73. The molecule has 0 bridgehead atoms. The lowest BCUT2D eigenvalue weighted by atomic mass is 9.78. The fourth-order valence-electron chi connectivity index (χ4n) is 3.81. The summed E-state index contributed by atoms with van der Waals surface area (Å²) in [6.45, 7) is 2.92. The van der Waals surface area contributed by atoms with Gasteiger partial charge < -0.3 is 5.73 Å². The van der Waals surface area contributed by atoms with Crippen LogP contribution in [0, 0.1) is 5.92 Å². The molecule has 108 valence electrons. The molecular weight excluding hydrogens is 240 g/mol. The maximum absolute atomic E-state index is 12.2. The Hall–Kier alpha value is -0.900. The third-order valence-electron chi connectivity index (χ3n) is 4.77. The molecule has 1 saturated heterocycles. The van der Waals surface area contributed by atoms with Gasteiger partial charge in [-0.1, -0.05) is 19.8 Å². The molecule has 0 radical (unpaired) electrons. The molecule has 2 aliphatic rings. The molecule has 1 saturated carbocycles. The zero-order valence-corrected chi connectivity index (χ0v) is 11.9. The molecule has 4 heteroatoms. The highest BCUT2D eigenvalue weighted by Gasteiger charge is 2.39. The Morgan fingerprint density at radius 2 is 2.05 bits per heavy atom. The topological polar surface area (TPSA) is 63.4 Å². The maximum atomic E-state index is 12.2. The van der Waals surface area contributed by atoms with Gasteiger partial charge in [0.25, 0.3) is 0 Å². The summed E-state index contributed by atoms with van der Waals surface area (Å²) < 4.78 is 0. The van der Waals surface area contributed by atoms with Crippen LogP contribution in [0.15, 0.2) is 0 Å². The molecule has 0 spiro atoms. The van der Waals surface area contributed by atoms with Crippen molar-refractivity contribution in [1.82, 2.24) is 4.90 Å². The Kier molecular flexibility index (Phi) is 4.97. The van der Waals surface area contributed by atoms with E-state index in [2.05, 4.69) is 4.90 Å². The molecule has 4 nitrogen and oxygen atoms in total. The number of primary amides is 1. The number of hydrogen-bond donors (Lipinski definition) is 1. The first-order valence-corrected chi connectivity index (χ1v) is 7.73. The van der Waals surface area contributed by atoms with Gasteiger partial charge in [0.1, 0.15) is 5.78 Å². The van der Waals surface area contributed by atoms with E-state index in [1.807, 2.05) is 6.92 Å². The van der Waals surface area contributed by atoms with Crippen LogP contribution in [0.25, 0.3) is 0 Å². The summed E-state index contributed by atoms with van der Waals surface area (Å²) in [6, 6.07) is 0.0547. The van der Waals surface area contributed by atoms with Crippen LogP contribution in [-0.4, -0.2) is 35.2 Å². The Balaban J connectivity index is 2.14. The van der Waals surface area contributed by atoms with Crippen molar-refractivity contribution in [3.05, 3.63) is 0 Å². The summed E-state index contributed by atoms with van der Waals surface area (Å²) in [7, 11) is 0. The predicted octanol–water partition coefficient (Wildman–Crippen LogP) is 1.86. The summed E-state index contributed by atoms with van der Waals surface area (Å²) in [5, 5.41) is 0. The molecule has 0 aromatic rings. The Bertz CT molecular complexity index is 343. The van der Waals surface area contributed by atoms with Crippen molar-refractivity contribution >= 4 is 11.7 Å². The van der Waals surface area contributed by atoms with Gasteiger partial charge in [-0.3, -0.25) is 14.5 Å². The number of carbonyl (C=O) groups excluding carboxylic acids is 2. The average molecular weight is 266 g/mol. The van der Waals surface area contributed by atoms with Crippen LogP contribution >= 0.6 is 0 Å². The molecule has 2 fully saturated rings. The average Bonchev–Trinajstić information content (AvgIpc) is 2.40. The Labute approximate surface area is 115 Å². The van der Waals surface area contributed by atoms with E-state index in [-0.39, 0.29) is 23.9 Å². The highest BCUT2D eigenvalue weighted by atomic mass is 16.1. The molecule has 1 amide bonds. The summed E-state index contributed by atoms with van der Waals surface area (Å²) in [5.74, 6) is 0.308. The van der Waals surface area contributed by atoms with Crippen LogP contribution in [0.4, 0.5) is 0 Å². The number of piperidine rings is 1. The van der Waals surface area contributed by atoms with E-state index >= 15 is 0 Å². The van der Waals surface area contributed by atoms with Gasteiger partial charge in [-0.15, -0.1) is 0 Å². The van der Waals surface area contributed by atoms with E-state index in [0.717, 1.165) is 51.5 Å². The molecule has 0 aromatic carbocycles. The minimum atomic E-state index is -0.238. The quantitative estimate of drug-likeness (QED) is 0.845. The van der Waals surface area contributed by atoms with Crippen molar-refractivity contribution in [3.8, 4) is 0 Å². The van der Waals surface area contributed by atoms with Gasteiger partial charge in [0, 0.05) is 18.4 Å². The highest BCUT2D eigenvalue weighted by Crippen LogP contribution is 2.33. The van der Waals surface area contributed by atoms with E-state index in [0.29, 0.717) is 5.78 Å². The summed E-state index contributed by atoms with van der Waals surface area (Å²) in [5.41, 5.74) is 5.54. The summed E-state index contributed by atoms with van der Waals surface area (Å²) in [6.07, 6.45) is 7.97. The number of nitrogens with zero attached hydrogens (tertiary/aromatic N) is 1. The largest absolute Gasteiger partial charge is 0.368 e. The standard InChI is InChI=1S/C15H26N2O2/c1-2-12(15(16)19)17-10-6-5-8-13(17)11-7-3-4-9-14(11)18/h11-13H,2-10H2,1H3,(H2,16,19). The predicted molar refractivity (Wildman–Crippen MR) is 74.6 cm³/mol. The number of ketones is 1. The van der Waals surface area contributed by atoms with Crippen LogP contribution in [-0.2, 0) is 9.59 Å². The minimum absolute atomic E-state index is 0.141. The van der Waals surface area contributed by atoms with Crippen molar-refractivity contribution in [2.45, 2.75) is 70.4 Å². The van der Waals surface area contributed by atoms with E-state index in [1.165, 1.54) is 6.42 Å². The zero-order valence-electron chi connectivity index (χ0n) is 11.9. The number of hydrogen-bond acceptors (Lipinski definition) is 3. The lowest BCUT2D eigenvalue weighted by Gasteiger charge is -2.44. The lowest BCUT2D eigenvalue weighted by molar-refractivity contribution is -0.132. The van der Waals surface area contributed by atoms with Gasteiger partial charge in [-0.05, 0) is 38.6 Å². The van der Waals surface area contributed by atoms with Gasteiger partial charge in [-0.2, -0.15) is 0 Å². The van der Waals surface area contributed by atoms with Gasteiger partial charge in [0.2, 0.25) is 5.91 Å². The number of likely N-dealkylation sites (tertiary alicyclic amines) is 1. The molecule has 1 aliphatic heterocycles. The Morgan fingerprint density at radius 1 is 1.32 bits per heavy atom. The van der Waals surface area contributed by atoms with Crippen LogP contribution in [0.3, 0.4) is 0 Å². The van der Waals surface area contributed by atoms with Crippen molar-refractivity contribution in [1.29, 1.82) is 0 Å². The van der Waals surface area contributed by atoms with E-state index in [9.17, 15) is 9.59 Å². The molecule has 3 unspecified atom stereocenters. The third kappa shape index (κ3) is 3.16. The monoisotopic (exact) mass is 266 g/mol. The van der Waals surface area contributed by atoms with Crippen molar-refractivity contribution in [2.75, 3.05) is 6.54 Å². The highest BCUT2D eigenvalue weighted by molar-refractivity contribution is 5.83. The molecule has 2 N–H and O–H groups in total. The van der Waals surface area contributed by atoms with E-state index < -0.39 is 0 Å². The smallest absolute Gasteiger partial charge is 0.234 e. The number of nitrogens with two attached hydrogens (primary N) is 1. The van der Waals surface area contributed by atoms with Gasteiger partial charge >= 0.3 is 0 Å². The molecule has 0 aromatic heterocycles. The van der Waals surface area contributed by atoms with Gasteiger partial charge in [0.05, 0.1) is 6.04 Å². The molecule has 1 heterocycles. The normalized spacial score (nSPS) is 31.1. The molecular formula is C15H26N2O2. The molecule has 19 heavy (non-hydrogen) atoms. The van der Waals surface area contributed by atoms with Crippen molar-refractivity contribution in [2.24, 2.45) is 11.7 Å². The summed E-state index contributed by atoms with van der Waals surface area (Å²) >= 11 is 0. The van der Waals surface area contributed by atoms with E-state index in [4.69, 9.17) is 5.73 Å². The SMILES string of the molecule is CCC(C(N)=O)N1CCCCC1C1CCCCC1=O. The van der Waals surface area contributed by atoms with Crippen LogP contribution < -0.4 is 5.73 Å². The molecule has 2 rings (SSSR count). The summed E-state index contributed by atoms with van der Waals surface area (Å²) in [4.78, 5) is 26.0. The minimum Gasteiger partial charge on any atom is -0.368 e. The molecule has 1 aliphatic carbocycles. The van der Waals surface area contributed by atoms with Crippen LogP contribution in [0.1, 0.15) is 58.3 Å². The van der Waals surface area contributed by atoms with E-state index in [1.54, 1.807) is 0 Å². The number of rotatable bonds is 4. The maximum Gasteiger partial charge on any atom is 0.234 e. The number of carbonyl (C=O) groups is 2. The van der Waals surface area contributed by atoms with Gasteiger partial charge in [0.15, 0.2) is 0 Å². The van der Waals surface area contributed by atoms with Gasteiger partial charge in [-0.25, -0.2) is 0 Å². The van der Waals surface area contributed by atoms with Crippen molar-refractivity contribution < 1.29 is 9.59 Å². The second-order valence-electron chi connectivity index (χ2n) is 5.95. The first kappa shape index (κ1) is 14.5.